The Labute approximate surface area is 104 Å². The van der Waals surface area contributed by atoms with Gasteiger partial charge in [-0.05, 0) is 6.42 Å². The van der Waals surface area contributed by atoms with Gasteiger partial charge in [0, 0.05) is 13.7 Å². The summed E-state index contributed by atoms with van der Waals surface area (Å²) in [7, 11) is -1.40. The SMILES string of the molecule is COCC(Br)CNC(=O)C1CCS(=O)(=O)C1. The summed E-state index contributed by atoms with van der Waals surface area (Å²) >= 11 is 3.34. The number of ether oxygens (including phenoxy) is 1. The van der Waals surface area contributed by atoms with Crippen LogP contribution in [0.5, 0.6) is 0 Å². The van der Waals surface area contributed by atoms with Crippen molar-refractivity contribution in [3.05, 3.63) is 0 Å². The summed E-state index contributed by atoms with van der Waals surface area (Å²) in [5.74, 6) is -0.453. The van der Waals surface area contributed by atoms with Gasteiger partial charge in [0.1, 0.15) is 0 Å². The summed E-state index contributed by atoms with van der Waals surface area (Å²) in [4.78, 5) is 11.7. The Morgan fingerprint density at radius 1 is 1.62 bits per heavy atom. The fourth-order valence-corrected chi connectivity index (χ4v) is 3.76. The van der Waals surface area contributed by atoms with Gasteiger partial charge in [0.05, 0.1) is 28.9 Å². The third kappa shape index (κ3) is 4.39. The predicted octanol–water partition coefficient (Wildman–Crippen LogP) is -0.0528. The molecular formula is C9H16BrNO4S. The molecule has 1 N–H and O–H groups in total. The first-order valence-corrected chi connectivity index (χ1v) is 7.79. The van der Waals surface area contributed by atoms with Gasteiger partial charge in [0.2, 0.25) is 5.91 Å². The predicted molar refractivity (Wildman–Crippen MR) is 64.4 cm³/mol. The minimum Gasteiger partial charge on any atom is -0.383 e. The maximum Gasteiger partial charge on any atom is 0.224 e. The van der Waals surface area contributed by atoms with E-state index < -0.39 is 9.84 Å². The Bertz CT molecular complexity index is 343. The number of amides is 1. The van der Waals surface area contributed by atoms with E-state index in [1.54, 1.807) is 7.11 Å². The van der Waals surface area contributed by atoms with Crippen LogP contribution in [-0.2, 0) is 19.4 Å². The van der Waals surface area contributed by atoms with E-state index in [0.29, 0.717) is 19.6 Å². The number of sulfone groups is 1. The lowest BCUT2D eigenvalue weighted by Gasteiger charge is -2.12. The third-order valence-corrected chi connectivity index (χ3v) is 4.80. The van der Waals surface area contributed by atoms with Crippen molar-refractivity contribution in [1.82, 2.24) is 5.32 Å². The van der Waals surface area contributed by atoms with Crippen molar-refractivity contribution in [2.24, 2.45) is 5.92 Å². The number of carbonyl (C=O) groups excluding carboxylic acids is 1. The highest BCUT2D eigenvalue weighted by Crippen LogP contribution is 2.18. The molecule has 1 heterocycles. The third-order valence-electron chi connectivity index (χ3n) is 2.45. The zero-order valence-corrected chi connectivity index (χ0v) is 11.5. The topological polar surface area (TPSA) is 72.5 Å². The van der Waals surface area contributed by atoms with E-state index in [9.17, 15) is 13.2 Å². The van der Waals surface area contributed by atoms with Gasteiger partial charge in [0.25, 0.3) is 0 Å². The van der Waals surface area contributed by atoms with Crippen molar-refractivity contribution in [2.45, 2.75) is 11.2 Å². The molecule has 0 aromatic rings. The molecule has 2 unspecified atom stereocenters. The molecule has 5 nitrogen and oxygen atoms in total. The molecule has 94 valence electrons. The second kappa shape index (κ2) is 5.97. The molecule has 1 aliphatic heterocycles. The molecular weight excluding hydrogens is 298 g/mol. The number of nitrogens with one attached hydrogen (secondary N) is 1. The van der Waals surface area contributed by atoms with Crippen molar-refractivity contribution in [3.63, 3.8) is 0 Å². The molecule has 0 saturated carbocycles. The van der Waals surface area contributed by atoms with Gasteiger partial charge in [-0.2, -0.15) is 0 Å². The second-order valence-electron chi connectivity index (χ2n) is 3.90. The van der Waals surface area contributed by atoms with Crippen LogP contribution in [-0.4, -0.2) is 50.9 Å². The molecule has 1 saturated heterocycles. The maximum atomic E-state index is 11.6. The van der Waals surface area contributed by atoms with Crippen LogP contribution < -0.4 is 5.32 Å². The summed E-state index contributed by atoms with van der Waals surface area (Å²) in [5, 5.41) is 2.72. The van der Waals surface area contributed by atoms with Crippen molar-refractivity contribution in [3.8, 4) is 0 Å². The molecule has 16 heavy (non-hydrogen) atoms. The number of rotatable bonds is 5. The maximum absolute atomic E-state index is 11.6. The fraction of sp³-hybridized carbons (Fsp3) is 0.889. The summed E-state index contributed by atoms with van der Waals surface area (Å²) in [6.45, 7) is 0.951. The van der Waals surface area contributed by atoms with Gasteiger partial charge < -0.3 is 10.1 Å². The van der Waals surface area contributed by atoms with E-state index in [2.05, 4.69) is 21.2 Å². The normalized spacial score (nSPS) is 25.2. The standard InChI is InChI=1S/C9H16BrNO4S/c1-15-5-8(10)4-11-9(12)7-2-3-16(13,14)6-7/h7-8H,2-6H2,1H3,(H,11,12). The molecule has 0 radical (unpaired) electrons. The highest BCUT2D eigenvalue weighted by atomic mass is 79.9. The molecule has 0 bridgehead atoms. The summed E-state index contributed by atoms with van der Waals surface area (Å²) in [6, 6.07) is 0. The van der Waals surface area contributed by atoms with Crippen molar-refractivity contribution in [2.75, 3.05) is 31.8 Å². The van der Waals surface area contributed by atoms with E-state index in [1.165, 1.54) is 0 Å². The Kier molecular flexibility index (Phi) is 5.20. The van der Waals surface area contributed by atoms with Crippen LogP contribution in [0, 0.1) is 5.92 Å². The van der Waals surface area contributed by atoms with E-state index in [1.807, 2.05) is 0 Å². The minimum absolute atomic E-state index is 0.0178. The molecule has 1 rings (SSSR count). The van der Waals surface area contributed by atoms with Crippen molar-refractivity contribution < 1.29 is 17.9 Å². The fourth-order valence-electron chi connectivity index (χ4n) is 1.60. The smallest absolute Gasteiger partial charge is 0.224 e. The zero-order valence-electron chi connectivity index (χ0n) is 9.11. The van der Waals surface area contributed by atoms with E-state index >= 15 is 0 Å². The first kappa shape index (κ1) is 13.9. The molecule has 0 spiro atoms. The minimum atomic E-state index is -2.99. The van der Waals surface area contributed by atoms with Gasteiger partial charge in [-0.1, -0.05) is 15.9 Å². The summed E-state index contributed by atoms with van der Waals surface area (Å²) < 4.78 is 27.3. The quantitative estimate of drug-likeness (QED) is 0.722. The van der Waals surface area contributed by atoms with E-state index in [0.717, 1.165) is 0 Å². The molecule has 0 aromatic carbocycles. The summed E-state index contributed by atoms with van der Waals surface area (Å²) in [6.07, 6.45) is 0.436. The van der Waals surface area contributed by atoms with Crippen LogP contribution in [0.15, 0.2) is 0 Å². The number of methoxy groups -OCH3 is 1. The molecule has 7 heteroatoms. The largest absolute Gasteiger partial charge is 0.383 e. The second-order valence-corrected chi connectivity index (χ2v) is 7.42. The lowest BCUT2D eigenvalue weighted by atomic mass is 10.1. The van der Waals surface area contributed by atoms with Gasteiger partial charge in [-0.15, -0.1) is 0 Å². The van der Waals surface area contributed by atoms with Crippen LogP contribution in [0.1, 0.15) is 6.42 Å². The Morgan fingerprint density at radius 3 is 2.81 bits per heavy atom. The summed E-state index contributed by atoms with van der Waals surface area (Å²) in [5.41, 5.74) is 0. The van der Waals surface area contributed by atoms with Gasteiger partial charge in [-0.25, -0.2) is 8.42 Å². The zero-order chi connectivity index (χ0) is 12.2. The van der Waals surface area contributed by atoms with Crippen LogP contribution >= 0.6 is 15.9 Å². The van der Waals surface area contributed by atoms with Gasteiger partial charge >= 0.3 is 0 Å². The van der Waals surface area contributed by atoms with Gasteiger partial charge in [-0.3, -0.25) is 4.79 Å². The lowest BCUT2D eigenvalue weighted by molar-refractivity contribution is -0.124. The molecule has 1 amide bonds. The van der Waals surface area contributed by atoms with E-state index in [4.69, 9.17) is 4.74 Å². The highest BCUT2D eigenvalue weighted by molar-refractivity contribution is 9.09. The molecule has 1 fully saturated rings. The average molecular weight is 314 g/mol. The number of halogens is 1. The van der Waals surface area contributed by atoms with Crippen LogP contribution in [0.4, 0.5) is 0 Å². The molecule has 2 atom stereocenters. The molecule has 0 aromatic heterocycles. The number of hydrogen-bond acceptors (Lipinski definition) is 4. The first-order chi connectivity index (χ1) is 7.44. The van der Waals surface area contributed by atoms with Crippen LogP contribution in [0.3, 0.4) is 0 Å². The van der Waals surface area contributed by atoms with E-state index in [-0.39, 0.29) is 28.2 Å². The molecule has 0 aliphatic carbocycles. The number of alkyl halides is 1. The monoisotopic (exact) mass is 313 g/mol. The number of hydrogen-bond donors (Lipinski definition) is 1. The highest BCUT2D eigenvalue weighted by Gasteiger charge is 2.32. The Hall–Kier alpha value is -0.140. The lowest BCUT2D eigenvalue weighted by Crippen LogP contribution is -2.36. The molecule has 1 aliphatic rings. The first-order valence-electron chi connectivity index (χ1n) is 5.06. The Morgan fingerprint density at radius 2 is 2.31 bits per heavy atom. The van der Waals surface area contributed by atoms with Crippen molar-refractivity contribution in [1.29, 1.82) is 0 Å². The van der Waals surface area contributed by atoms with Crippen LogP contribution in [0.2, 0.25) is 0 Å². The van der Waals surface area contributed by atoms with Gasteiger partial charge in [0.15, 0.2) is 9.84 Å². The Balaban J connectivity index is 2.31. The average Bonchev–Trinajstić information content (AvgIpc) is 2.56. The number of carbonyl (C=O) groups is 1. The van der Waals surface area contributed by atoms with Crippen molar-refractivity contribution >= 4 is 31.7 Å². The van der Waals surface area contributed by atoms with Crippen LogP contribution in [0.25, 0.3) is 0 Å².